The Balaban J connectivity index is 2.46. The Bertz CT molecular complexity index is 345. The number of nitrogen functional groups attached to an aromatic ring is 1. The smallest absolute Gasteiger partial charge is 0.269 e. The molecule has 1 rings (SSSR count). The molecule has 16 heavy (non-hydrogen) atoms. The van der Waals surface area contributed by atoms with E-state index in [0.717, 1.165) is 12.2 Å². The van der Waals surface area contributed by atoms with Gasteiger partial charge in [0, 0.05) is 6.54 Å². The molecule has 5 nitrogen and oxygen atoms in total. The molecule has 1 aromatic heterocycles. The van der Waals surface area contributed by atoms with Crippen LogP contribution in [0.4, 0.5) is 5.82 Å². The summed E-state index contributed by atoms with van der Waals surface area (Å²) in [6, 6.07) is 5.09. The van der Waals surface area contributed by atoms with Gasteiger partial charge in [-0.05, 0) is 30.6 Å². The fraction of sp³-hybridized carbons (Fsp3) is 0.400. The second-order valence-corrected chi connectivity index (χ2v) is 4.14. The number of hydrogen-bond donors (Lipinski definition) is 3. The van der Waals surface area contributed by atoms with Crippen molar-refractivity contribution in [2.24, 2.45) is 5.84 Å². The van der Waals surface area contributed by atoms with Gasteiger partial charge in [-0.2, -0.15) is 11.8 Å². The van der Waals surface area contributed by atoms with Gasteiger partial charge in [0.2, 0.25) is 0 Å². The topological polar surface area (TPSA) is 80.0 Å². The van der Waals surface area contributed by atoms with E-state index in [9.17, 15) is 4.79 Å². The fourth-order valence-electron chi connectivity index (χ4n) is 1.15. The van der Waals surface area contributed by atoms with Crippen molar-refractivity contribution < 1.29 is 4.79 Å². The van der Waals surface area contributed by atoms with Gasteiger partial charge in [0.25, 0.3) is 5.91 Å². The van der Waals surface area contributed by atoms with Gasteiger partial charge in [-0.1, -0.05) is 6.07 Å². The number of carbonyl (C=O) groups is 1. The van der Waals surface area contributed by atoms with E-state index in [4.69, 9.17) is 5.84 Å². The highest BCUT2D eigenvalue weighted by Gasteiger charge is 2.06. The summed E-state index contributed by atoms with van der Waals surface area (Å²) >= 11 is 1.76. The molecule has 6 heteroatoms. The number of hydrazine groups is 1. The molecule has 1 amide bonds. The van der Waals surface area contributed by atoms with Gasteiger partial charge in [0.15, 0.2) is 0 Å². The van der Waals surface area contributed by atoms with Crippen LogP contribution < -0.4 is 16.6 Å². The van der Waals surface area contributed by atoms with Crippen LogP contribution in [0.2, 0.25) is 0 Å². The Kier molecular flexibility index (Phi) is 5.66. The molecule has 0 saturated carbocycles. The van der Waals surface area contributed by atoms with Gasteiger partial charge in [0.1, 0.15) is 11.5 Å². The maximum atomic E-state index is 11.6. The standard InChI is InChI=1S/C10H16N4OS/c1-16-7-3-6-12-10(15)8-4-2-5-9(13-8)14-11/h2,4-5H,3,6-7,11H2,1H3,(H,12,15)(H,13,14). The molecule has 0 aliphatic rings. The van der Waals surface area contributed by atoms with Crippen molar-refractivity contribution in [2.75, 3.05) is 24.0 Å². The number of pyridine rings is 1. The Hall–Kier alpha value is -1.27. The van der Waals surface area contributed by atoms with Crippen LogP contribution in [-0.2, 0) is 0 Å². The molecule has 0 unspecified atom stereocenters. The number of nitrogens with two attached hydrogens (primary N) is 1. The summed E-state index contributed by atoms with van der Waals surface area (Å²) in [7, 11) is 0. The molecule has 88 valence electrons. The summed E-state index contributed by atoms with van der Waals surface area (Å²) in [6.45, 7) is 0.668. The minimum Gasteiger partial charge on any atom is -0.351 e. The second-order valence-electron chi connectivity index (χ2n) is 3.15. The molecule has 0 aliphatic heterocycles. The van der Waals surface area contributed by atoms with Crippen LogP contribution in [0.5, 0.6) is 0 Å². The first-order chi connectivity index (χ1) is 7.77. The summed E-state index contributed by atoms with van der Waals surface area (Å²) in [5.41, 5.74) is 2.78. The SMILES string of the molecule is CSCCCNC(=O)c1cccc(NN)n1. The van der Waals surface area contributed by atoms with Crippen molar-refractivity contribution in [1.82, 2.24) is 10.3 Å². The van der Waals surface area contributed by atoms with E-state index in [1.54, 1.807) is 30.0 Å². The largest absolute Gasteiger partial charge is 0.351 e. The zero-order chi connectivity index (χ0) is 11.8. The molecule has 4 N–H and O–H groups in total. The number of nitrogens with zero attached hydrogens (tertiary/aromatic N) is 1. The molecular formula is C10H16N4OS. The third-order valence-electron chi connectivity index (χ3n) is 1.94. The van der Waals surface area contributed by atoms with Gasteiger partial charge in [-0.25, -0.2) is 10.8 Å². The van der Waals surface area contributed by atoms with E-state index in [-0.39, 0.29) is 5.91 Å². The quantitative estimate of drug-likeness (QED) is 0.390. The van der Waals surface area contributed by atoms with E-state index in [2.05, 4.69) is 15.7 Å². The van der Waals surface area contributed by atoms with Crippen molar-refractivity contribution in [3.8, 4) is 0 Å². The van der Waals surface area contributed by atoms with E-state index < -0.39 is 0 Å². The van der Waals surface area contributed by atoms with Crippen LogP contribution in [0.25, 0.3) is 0 Å². The molecule has 0 fully saturated rings. The van der Waals surface area contributed by atoms with Crippen molar-refractivity contribution in [3.63, 3.8) is 0 Å². The Morgan fingerprint density at radius 1 is 1.56 bits per heavy atom. The van der Waals surface area contributed by atoms with Gasteiger partial charge in [-0.3, -0.25) is 4.79 Å². The average molecular weight is 240 g/mol. The summed E-state index contributed by atoms with van der Waals surface area (Å²) in [4.78, 5) is 15.7. The fourth-order valence-corrected chi connectivity index (χ4v) is 1.58. The molecule has 0 radical (unpaired) electrons. The predicted molar refractivity (Wildman–Crippen MR) is 67.4 cm³/mol. The molecule has 1 heterocycles. The van der Waals surface area contributed by atoms with E-state index in [1.807, 2.05) is 6.26 Å². The number of anilines is 1. The summed E-state index contributed by atoms with van der Waals surface area (Å²) < 4.78 is 0. The van der Waals surface area contributed by atoms with Crippen molar-refractivity contribution >= 4 is 23.5 Å². The highest BCUT2D eigenvalue weighted by molar-refractivity contribution is 7.98. The minimum atomic E-state index is -0.168. The number of rotatable bonds is 6. The lowest BCUT2D eigenvalue weighted by Gasteiger charge is -2.05. The normalized spacial score (nSPS) is 9.88. The van der Waals surface area contributed by atoms with Crippen LogP contribution in [0.3, 0.4) is 0 Å². The molecule has 0 aromatic carbocycles. The minimum absolute atomic E-state index is 0.168. The van der Waals surface area contributed by atoms with Crippen LogP contribution in [0.1, 0.15) is 16.9 Å². The predicted octanol–water partition coefficient (Wildman–Crippen LogP) is 0.850. The molecule has 0 aliphatic carbocycles. The highest BCUT2D eigenvalue weighted by Crippen LogP contribution is 2.03. The number of aromatic nitrogens is 1. The number of hydrogen-bond acceptors (Lipinski definition) is 5. The summed E-state index contributed by atoms with van der Waals surface area (Å²) in [5.74, 6) is 6.57. The van der Waals surface area contributed by atoms with Crippen molar-refractivity contribution in [2.45, 2.75) is 6.42 Å². The van der Waals surface area contributed by atoms with Gasteiger partial charge in [0.05, 0.1) is 0 Å². The number of thioether (sulfide) groups is 1. The molecule has 0 atom stereocenters. The Labute approximate surface area is 99.2 Å². The first kappa shape index (κ1) is 12.8. The number of amides is 1. The Morgan fingerprint density at radius 3 is 3.06 bits per heavy atom. The Morgan fingerprint density at radius 2 is 2.38 bits per heavy atom. The van der Waals surface area contributed by atoms with Crippen LogP contribution in [-0.4, -0.2) is 29.4 Å². The zero-order valence-electron chi connectivity index (χ0n) is 9.19. The summed E-state index contributed by atoms with van der Waals surface area (Å²) in [5, 5.41) is 2.80. The third kappa shape index (κ3) is 4.08. The highest BCUT2D eigenvalue weighted by atomic mass is 32.2. The average Bonchev–Trinajstić information content (AvgIpc) is 2.34. The van der Waals surface area contributed by atoms with E-state index >= 15 is 0 Å². The maximum absolute atomic E-state index is 11.6. The van der Waals surface area contributed by atoms with Crippen LogP contribution in [0, 0.1) is 0 Å². The molecule has 0 spiro atoms. The van der Waals surface area contributed by atoms with Crippen LogP contribution in [0.15, 0.2) is 18.2 Å². The number of carbonyl (C=O) groups excluding carboxylic acids is 1. The monoisotopic (exact) mass is 240 g/mol. The zero-order valence-corrected chi connectivity index (χ0v) is 10.0. The lowest BCUT2D eigenvalue weighted by molar-refractivity contribution is 0.0949. The van der Waals surface area contributed by atoms with Crippen molar-refractivity contribution in [1.29, 1.82) is 0 Å². The molecular weight excluding hydrogens is 224 g/mol. The first-order valence-electron chi connectivity index (χ1n) is 4.98. The lowest BCUT2D eigenvalue weighted by Crippen LogP contribution is -2.26. The number of nitrogens with one attached hydrogen (secondary N) is 2. The van der Waals surface area contributed by atoms with Crippen LogP contribution >= 0.6 is 11.8 Å². The van der Waals surface area contributed by atoms with Gasteiger partial charge in [-0.15, -0.1) is 0 Å². The first-order valence-corrected chi connectivity index (χ1v) is 6.38. The summed E-state index contributed by atoms with van der Waals surface area (Å²) in [6.07, 6.45) is 3.00. The van der Waals surface area contributed by atoms with E-state index in [1.165, 1.54) is 0 Å². The lowest BCUT2D eigenvalue weighted by atomic mass is 10.3. The molecule has 0 bridgehead atoms. The second kappa shape index (κ2) is 7.08. The third-order valence-corrected chi connectivity index (χ3v) is 2.64. The van der Waals surface area contributed by atoms with Gasteiger partial charge < -0.3 is 10.7 Å². The van der Waals surface area contributed by atoms with E-state index in [0.29, 0.717) is 18.1 Å². The maximum Gasteiger partial charge on any atom is 0.269 e. The molecule has 0 saturated heterocycles. The molecule has 1 aromatic rings. The van der Waals surface area contributed by atoms with Gasteiger partial charge >= 0.3 is 0 Å². The van der Waals surface area contributed by atoms with Crippen molar-refractivity contribution in [3.05, 3.63) is 23.9 Å².